The Kier molecular flexibility index (Phi) is 68.5. The highest BCUT2D eigenvalue weighted by Gasteiger charge is 2.54. The van der Waals surface area contributed by atoms with Crippen molar-refractivity contribution in [2.75, 3.05) is 26.4 Å². The molecule has 3 aliphatic rings. The second kappa shape index (κ2) is 75.2. The number of hydrogen-bond donors (Lipinski definition) is 12. The summed E-state index contributed by atoms with van der Waals surface area (Å²) in [6.07, 6.45) is 85.3. The summed E-state index contributed by atoms with van der Waals surface area (Å²) >= 11 is 0. The highest BCUT2D eigenvalue weighted by molar-refractivity contribution is 5.76. The SMILES string of the molecule is CC/C=C\C/C=C\C/C=C\C/C=C\C/C=C\C/C=C\C/C=C\C/C=C\C/C=C\C/C=C\C/C=C\CCCCCCCCCC(=O)NC(COC1OC(CO)C(OC2OC(CO)C(OC3OC(CO)C(O)C(O)C3O)C(O)C2O)C(O)C1O)C(O)/C=C/CC/C=C/CCCCCCCCCCCCCCCCCCCCCCCCCCC. The Hall–Kier alpha value is -4.59. The van der Waals surface area contributed by atoms with E-state index in [0.717, 1.165) is 135 Å². The quantitative estimate of drug-likeness (QED) is 0.0199. The fraction of sp³-hybridized carbons (Fsp3) is 0.724. The van der Waals surface area contributed by atoms with E-state index >= 15 is 0 Å². The number of amides is 1. The molecule has 670 valence electrons. The molecule has 0 aromatic rings. The Morgan fingerprint density at radius 2 is 0.598 bits per heavy atom. The first-order valence-electron chi connectivity index (χ1n) is 46.2. The van der Waals surface area contributed by atoms with Crippen molar-refractivity contribution in [3.63, 3.8) is 0 Å². The van der Waals surface area contributed by atoms with Gasteiger partial charge in [-0.3, -0.25) is 4.79 Å². The van der Waals surface area contributed by atoms with Gasteiger partial charge in [0, 0.05) is 6.42 Å². The Morgan fingerprint density at radius 1 is 0.316 bits per heavy atom. The smallest absolute Gasteiger partial charge is 0.220 e. The Morgan fingerprint density at radius 3 is 0.957 bits per heavy atom. The summed E-state index contributed by atoms with van der Waals surface area (Å²) in [6, 6.07) is -1.01. The molecule has 1 amide bonds. The van der Waals surface area contributed by atoms with Gasteiger partial charge in [0.15, 0.2) is 18.9 Å². The molecule has 19 nitrogen and oxygen atoms in total. The highest BCUT2D eigenvalue weighted by atomic mass is 16.8. The number of aliphatic hydroxyl groups is 11. The number of unbranched alkanes of at least 4 members (excludes halogenated alkanes) is 33. The van der Waals surface area contributed by atoms with E-state index in [9.17, 15) is 61.0 Å². The maximum Gasteiger partial charge on any atom is 0.220 e. The number of aliphatic hydroxyl groups excluding tert-OH is 11. The molecule has 3 rings (SSSR count). The molecule has 3 saturated heterocycles. The van der Waals surface area contributed by atoms with Crippen LogP contribution in [0, 0.1) is 0 Å². The van der Waals surface area contributed by atoms with E-state index < -0.39 is 124 Å². The molecule has 17 atom stereocenters. The summed E-state index contributed by atoms with van der Waals surface area (Å²) in [5, 5.41) is 121. The van der Waals surface area contributed by atoms with Gasteiger partial charge in [0.25, 0.3) is 0 Å². The molecule has 12 N–H and O–H groups in total. The summed E-state index contributed by atoms with van der Waals surface area (Å²) in [5.74, 6) is -0.300. The van der Waals surface area contributed by atoms with E-state index in [4.69, 9.17) is 28.4 Å². The number of carbonyl (C=O) groups is 1. The van der Waals surface area contributed by atoms with Gasteiger partial charge in [-0.15, -0.1) is 0 Å². The third-order valence-corrected chi connectivity index (χ3v) is 21.8. The molecule has 0 aliphatic carbocycles. The average Bonchev–Trinajstić information content (AvgIpc) is 0.778. The average molecular weight is 1650 g/mol. The molecule has 0 aromatic carbocycles. The first-order valence-corrected chi connectivity index (χ1v) is 46.2. The van der Waals surface area contributed by atoms with Crippen molar-refractivity contribution >= 4 is 5.91 Å². The minimum Gasteiger partial charge on any atom is -0.394 e. The summed E-state index contributed by atoms with van der Waals surface area (Å²) in [5.41, 5.74) is 0. The van der Waals surface area contributed by atoms with Crippen LogP contribution in [0.25, 0.3) is 0 Å². The summed E-state index contributed by atoms with van der Waals surface area (Å²) in [4.78, 5) is 13.5. The van der Waals surface area contributed by atoms with Crippen LogP contribution in [0.1, 0.15) is 322 Å². The fourth-order valence-electron chi connectivity index (χ4n) is 14.5. The monoisotopic (exact) mass is 1640 g/mol. The molecule has 0 spiro atoms. The fourth-order valence-corrected chi connectivity index (χ4v) is 14.5. The van der Waals surface area contributed by atoms with Crippen LogP contribution in [0.15, 0.2) is 158 Å². The Balaban J connectivity index is 1.35. The maximum absolute atomic E-state index is 13.5. The van der Waals surface area contributed by atoms with Crippen molar-refractivity contribution in [3.05, 3.63) is 158 Å². The molecule has 3 fully saturated rings. The second-order valence-electron chi connectivity index (χ2n) is 32.0. The number of nitrogens with one attached hydrogen (secondary N) is 1. The van der Waals surface area contributed by atoms with Gasteiger partial charge >= 0.3 is 0 Å². The third kappa shape index (κ3) is 53.1. The molecule has 3 heterocycles. The van der Waals surface area contributed by atoms with Crippen LogP contribution in [0.5, 0.6) is 0 Å². The van der Waals surface area contributed by atoms with Gasteiger partial charge in [-0.05, 0) is 116 Å². The largest absolute Gasteiger partial charge is 0.394 e. The van der Waals surface area contributed by atoms with Gasteiger partial charge < -0.3 is 89.9 Å². The van der Waals surface area contributed by atoms with Gasteiger partial charge in [-0.25, -0.2) is 0 Å². The van der Waals surface area contributed by atoms with E-state index in [1.165, 1.54) is 154 Å². The molecule has 0 saturated carbocycles. The van der Waals surface area contributed by atoms with Crippen LogP contribution >= 0.6 is 0 Å². The zero-order valence-electron chi connectivity index (χ0n) is 72.4. The van der Waals surface area contributed by atoms with Crippen molar-refractivity contribution in [2.45, 2.75) is 426 Å². The predicted molar refractivity (Wildman–Crippen MR) is 475 cm³/mol. The molecule has 17 unspecified atom stereocenters. The lowest BCUT2D eigenvalue weighted by atomic mass is 9.96. The minimum absolute atomic E-state index is 0.213. The number of ether oxygens (including phenoxy) is 6. The summed E-state index contributed by atoms with van der Waals surface area (Å²) in [6.45, 7) is 1.62. The molecule has 117 heavy (non-hydrogen) atoms. The number of hydrogen-bond acceptors (Lipinski definition) is 18. The minimum atomic E-state index is -1.99. The Bertz CT molecular complexity index is 2730. The first kappa shape index (κ1) is 107. The van der Waals surface area contributed by atoms with Crippen molar-refractivity contribution in [1.29, 1.82) is 0 Å². The number of rotatable bonds is 73. The van der Waals surface area contributed by atoms with Crippen LogP contribution < -0.4 is 5.32 Å². The zero-order chi connectivity index (χ0) is 84.5. The summed E-state index contributed by atoms with van der Waals surface area (Å²) in [7, 11) is 0. The van der Waals surface area contributed by atoms with Crippen molar-refractivity contribution in [1.82, 2.24) is 5.32 Å². The number of allylic oxidation sites excluding steroid dienone is 25. The third-order valence-electron chi connectivity index (χ3n) is 21.8. The normalized spacial score (nSPS) is 25.2. The molecular weight excluding hydrogens is 1480 g/mol. The van der Waals surface area contributed by atoms with E-state index in [2.05, 4.69) is 165 Å². The van der Waals surface area contributed by atoms with Gasteiger partial charge in [0.2, 0.25) is 5.91 Å². The van der Waals surface area contributed by atoms with E-state index in [1.807, 2.05) is 6.08 Å². The molecule has 0 bridgehead atoms. The molecule has 0 radical (unpaired) electrons. The lowest BCUT2D eigenvalue weighted by Crippen LogP contribution is -2.66. The van der Waals surface area contributed by atoms with Gasteiger partial charge in [0.05, 0.1) is 38.6 Å². The van der Waals surface area contributed by atoms with Crippen LogP contribution in [0.2, 0.25) is 0 Å². The highest BCUT2D eigenvalue weighted by Crippen LogP contribution is 2.33. The number of carbonyl (C=O) groups excluding carboxylic acids is 1. The van der Waals surface area contributed by atoms with Crippen molar-refractivity contribution < 1.29 is 89.4 Å². The standard InChI is InChI=1S/C98H165NO18/c1-3-5-7-9-11-13-15-17-19-21-23-25-27-29-31-33-35-36-37-38-39-40-41-42-43-44-46-48-50-52-54-56-58-60-62-64-66-68-70-72-74-76-86(104)99-81(82(103)75-73-71-69-67-65-63-61-59-57-55-53-51-49-47-45-34-32-30-28-26-24-22-20-18-16-14-12-10-8-6-4-2)80-112-96-92(110)89(107)94(84(78-101)114-96)117-98-93(111)90(108)95(85(79-102)115-98)116-97-91(109)88(106)87(105)83(77-100)113-97/h5,7,11,13,17,19,23,25,29,31,35-36,38-39,41-42,44,46,50,52,56,58,65,67,73,75,81-85,87-98,100-103,105-111H,3-4,6,8-10,12,14-16,18,20-22,24,26-28,30,32-34,37,40,43,45,47-49,51,53-55,57,59-64,66,68-72,74,76-80H2,1-2H3,(H,99,104)/b7-5-,13-11-,19-17-,25-23-,31-29-,36-35-,39-38-,42-41-,46-44-,52-50-,58-56-,67-65+,75-73+. The Labute approximate surface area is 707 Å². The first-order chi connectivity index (χ1) is 57.3. The van der Waals surface area contributed by atoms with E-state index in [-0.39, 0.29) is 18.9 Å². The van der Waals surface area contributed by atoms with Gasteiger partial charge in [-0.1, -0.05) is 358 Å². The van der Waals surface area contributed by atoms with Crippen LogP contribution in [0.3, 0.4) is 0 Å². The van der Waals surface area contributed by atoms with Crippen LogP contribution in [0.4, 0.5) is 0 Å². The van der Waals surface area contributed by atoms with Gasteiger partial charge in [0.1, 0.15) is 73.2 Å². The maximum atomic E-state index is 13.5. The molecule has 3 aliphatic heterocycles. The topological polar surface area (TPSA) is 307 Å². The summed E-state index contributed by atoms with van der Waals surface area (Å²) < 4.78 is 34.5. The lowest BCUT2D eigenvalue weighted by Gasteiger charge is -2.48. The molecule has 19 heteroatoms. The molecular formula is C98H165NO18. The van der Waals surface area contributed by atoms with Crippen molar-refractivity contribution in [3.8, 4) is 0 Å². The van der Waals surface area contributed by atoms with Gasteiger partial charge in [-0.2, -0.15) is 0 Å². The second-order valence-corrected chi connectivity index (χ2v) is 32.0. The van der Waals surface area contributed by atoms with Crippen LogP contribution in [-0.2, 0) is 33.2 Å². The zero-order valence-corrected chi connectivity index (χ0v) is 72.4. The lowest BCUT2D eigenvalue weighted by molar-refractivity contribution is -0.379. The van der Waals surface area contributed by atoms with Crippen molar-refractivity contribution in [2.24, 2.45) is 0 Å². The predicted octanol–water partition coefficient (Wildman–Crippen LogP) is 18.3. The van der Waals surface area contributed by atoms with E-state index in [0.29, 0.717) is 12.8 Å². The van der Waals surface area contributed by atoms with E-state index in [1.54, 1.807) is 6.08 Å². The van der Waals surface area contributed by atoms with Crippen LogP contribution in [-0.4, -0.2) is 193 Å². The molecule has 0 aromatic heterocycles.